The zero-order valence-electron chi connectivity index (χ0n) is 16.8. The molecule has 0 atom stereocenters. The highest BCUT2D eigenvalue weighted by atomic mass is 16.5. The first kappa shape index (κ1) is 21.0. The van der Waals surface area contributed by atoms with Gasteiger partial charge in [0.1, 0.15) is 5.82 Å². The number of piperidine rings is 1. The molecule has 1 saturated heterocycles. The third-order valence-electron chi connectivity index (χ3n) is 4.97. The van der Waals surface area contributed by atoms with Crippen molar-refractivity contribution < 1.29 is 9.53 Å². The first-order chi connectivity index (χ1) is 12.9. The molecule has 8 heteroatoms. The molecule has 0 unspecified atom stereocenters. The van der Waals surface area contributed by atoms with E-state index in [1.165, 1.54) is 0 Å². The predicted octanol–water partition coefficient (Wildman–Crippen LogP) is 0.873. The van der Waals surface area contributed by atoms with E-state index in [2.05, 4.69) is 31.6 Å². The Bertz CT molecular complexity index is 653. The molecule has 1 fully saturated rings. The number of guanidine groups is 1. The highest BCUT2D eigenvalue weighted by molar-refractivity contribution is 5.80. The molecule has 8 nitrogen and oxygen atoms in total. The lowest BCUT2D eigenvalue weighted by Gasteiger charge is -2.32. The van der Waals surface area contributed by atoms with E-state index in [-0.39, 0.29) is 17.4 Å². The average molecular weight is 377 g/mol. The molecular formula is C19H32N6O2. The van der Waals surface area contributed by atoms with Crippen molar-refractivity contribution in [3.05, 3.63) is 23.9 Å². The van der Waals surface area contributed by atoms with Crippen LogP contribution >= 0.6 is 0 Å². The van der Waals surface area contributed by atoms with E-state index in [9.17, 15) is 4.79 Å². The van der Waals surface area contributed by atoms with E-state index in [4.69, 9.17) is 10.5 Å². The minimum atomic E-state index is -0.276. The zero-order chi connectivity index (χ0) is 19.9. The summed E-state index contributed by atoms with van der Waals surface area (Å²) in [5, 5.41) is 6.61. The lowest BCUT2D eigenvalue weighted by Crippen LogP contribution is -2.45. The number of nitrogens with two attached hydrogens (primary N) is 1. The first-order valence-electron chi connectivity index (χ1n) is 9.34. The molecule has 2 rings (SSSR count). The second kappa shape index (κ2) is 9.55. The van der Waals surface area contributed by atoms with Crippen molar-refractivity contribution in [2.24, 2.45) is 16.6 Å². The summed E-state index contributed by atoms with van der Waals surface area (Å²) >= 11 is 0. The van der Waals surface area contributed by atoms with Crippen molar-refractivity contribution in [2.75, 3.05) is 38.7 Å². The fraction of sp³-hybridized carbons (Fsp3) is 0.632. The summed E-state index contributed by atoms with van der Waals surface area (Å²) < 4.78 is 5.42. The fourth-order valence-electron chi connectivity index (χ4n) is 3.00. The lowest BCUT2D eigenvalue weighted by molar-refractivity contribution is -0.122. The number of amides is 1. The molecule has 0 saturated carbocycles. The number of rotatable bonds is 7. The number of hydrogen-bond acceptors (Lipinski definition) is 5. The van der Waals surface area contributed by atoms with E-state index >= 15 is 0 Å². The SMILES string of the molecule is CN=C(NCc1cccnc1N1CCC(C(N)=O)CC1)NCC(C)(C)OC. The Balaban J connectivity index is 1.96. The topological polar surface area (TPSA) is 105 Å². The molecule has 2 heterocycles. The number of ether oxygens (including phenoxy) is 1. The number of nitrogens with one attached hydrogen (secondary N) is 2. The molecule has 1 aliphatic heterocycles. The molecule has 1 aromatic heterocycles. The molecular weight excluding hydrogens is 344 g/mol. The number of methoxy groups -OCH3 is 1. The Labute approximate surface area is 161 Å². The van der Waals surface area contributed by atoms with E-state index in [1.807, 2.05) is 19.9 Å². The second-order valence-electron chi connectivity index (χ2n) is 7.39. The quantitative estimate of drug-likeness (QED) is 0.482. The normalized spacial score (nSPS) is 16.3. The van der Waals surface area contributed by atoms with Crippen LogP contribution in [0.1, 0.15) is 32.3 Å². The van der Waals surface area contributed by atoms with E-state index in [0.29, 0.717) is 19.0 Å². The molecule has 4 N–H and O–H groups in total. The van der Waals surface area contributed by atoms with Crippen LogP contribution in [-0.2, 0) is 16.1 Å². The number of carbonyl (C=O) groups excluding carboxylic acids is 1. The van der Waals surface area contributed by atoms with E-state index < -0.39 is 0 Å². The smallest absolute Gasteiger partial charge is 0.220 e. The van der Waals surface area contributed by atoms with Gasteiger partial charge in [-0.15, -0.1) is 0 Å². The summed E-state index contributed by atoms with van der Waals surface area (Å²) in [5.74, 6) is 1.42. The van der Waals surface area contributed by atoms with Gasteiger partial charge in [0.15, 0.2) is 5.96 Å². The Morgan fingerprint density at radius 3 is 2.70 bits per heavy atom. The number of hydrogen-bond donors (Lipinski definition) is 3. The van der Waals surface area contributed by atoms with Crippen LogP contribution < -0.4 is 21.3 Å². The molecule has 150 valence electrons. The van der Waals surface area contributed by atoms with Gasteiger partial charge < -0.3 is 26.0 Å². The van der Waals surface area contributed by atoms with Crippen molar-refractivity contribution in [1.82, 2.24) is 15.6 Å². The summed E-state index contributed by atoms with van der Waals surface area (Å²) in [6, 6.07) is 3.99. The summed E-state index contributed by atoms with van der Waals surface area (Å²) in [6.45, 7) is 6.85. The van der Waals surface area contributed by atoms with Crippen molar-refractivity contribution in [3.63, 3.8) is 0 Å². The van der Waals surface area contributed by atoms with E-state index in [0.717, 1.165) is 37.3 Å². The van der Waals surface area contributed by atoms with Gasteiger partial charge in [-0.05, 0) is 32.8 Å². The predicted molar refractivity (Wildman–Crippen MR) is 108 cm³/mol. The number of nitrogens with zero attached hydrogens (tertiary/aromatic N) is 3. The second-order valence-corrected chi connectivity index (χ2v) is 7.39. The molecule has 0 aromatic carbocycles. The van der Waals surface area contributed by atoms with E-state index in [1.54, 1.807) is 20.4 Å². The molecule has 0 spiro atoms. The van der Waals surface area contributed by atoms with Crippen LogP contribution in [0.2, 0.25) is 0 Å². The minimum absolute atomic E-state index is 0.0290. The van der Waals surface area contributed by atoms with Crippen LogP contribution in [0.15, 0.2) is 23.3 Å². The van der Waals surface area contributed by atoms with Crippen LogP contribution in [0.3, 0.4) is 0 Å². The molecule has 0 bridgehead atoms. The third-order valence-corrected chi connectivity index (χ3v) is 4.97. The summed E-state index contributed by atoms with van der Waals surface area (Å²) in [4.78, 5) is 22.4. The monoisotopic (exact) mass is 376 g/mol. The van der Waals surface area contributed by atoms with Crippen LogP contribution in [0, 0.1) is 5.92 Å². The van der Waals surface area contributed by atoms with Crippen LogP contribution in [-0.4, -0.2) is 56.2 Å². The lowest BCUT2D eigenvalue weighted by atomic mass is 9.96. The third kappa shape index (κ3) is 6.09. The molecule has 1 aromatic rings. The Morgan fingerprint density at radius 1 is 1.41 bits per heavy atom. The molecule has 27 heavy (non-hydrogen) atoms. The van der Waals surface area contributed by atoms with Crippen LogP contribution in [0.5, 0.6) is 0 Å². The first-order valence-corrected chi connectivity index (χ1v) is 9.34. The van der Waals surface area contributed by atoms with Gasteiger partial charge in [0.05, 0.1) is 5.60 Å². The maximum Gasteiger partial charge on any atom is 0.220 e. The van der Waals surface area contributed by atoms with Crippen LogP contribution in [0.25, 0.3) is 0 Å². The van der Waals surface area contributed by atoms with Gasteiger partial charge in [0.2, 0.25) is 5.91 Å². The van der Waals surface area contributed by atoms with Crippen molar-refractivity contribution >= 4 is 17.7 Å². The Kier molecular flexibility index (Phi) is 7.41. The maximum atomic E-state index is 11.4. The molecule has 0 aliphatic carbocycles. The van der Waals surface area contributed by atoms with Gasteiger partial charge in [-0.1, -0.05) is 6.07 Å². The van der Waals surface area contributed by atoms with Gasteiger partial charge in [0.25, 0.3) is 0 Å². The van der Waals surface area contributed by atoms with Gasteiger partial charge in [0, 0.05) is 58.0 Å². The number of pyridine rings is 1. The van der Waals surface area contributed by atoms with Crippen molar-refractivity contribution in [2.45, 2.75) is 38.8 Å². The largest absolute Gasteiger partial charge is 0.377 e. The fourth-order valence-corrected chi connectivity index (χ4v) is 3.00. The Morgan fingerprint density at radius 2 is 2.11 bits per heavy atom. The number of primary amides is 1. The number of aliphatic imine (C=N–C) groups is 1. The molecule has 1 aliphatic rings. The highest BCUT2D eigenvalue weighted by Gasteiger charge is 2.25. The van der Waals surface area contributed by atoms with Crippen molar-refractivity contribution in [3.8, 4) is 0 Å². The zero-order valence-corrected chi connectivity index (χ0v) is 16.8. The highest BCUT2D eigenvalue weighted by Crippen LogP contribution is 2.24. The van der Waals surface area contributed by atoms with Gasteiger partial charge in [-0.3, -0.25) is 9.79 Å². The summed E-state index contributed by atoms with van der Waals surface area (Å²) in [6.07, 6.45) is 3.34. The van der Waals surface area contributed by atoms with Gasteiger partial charge in [-0.2, -0.15) is 0 Å². The minimum Gasteiger partial charge on any atom is -0.377 e. The number of carbonyl (C=O) groups is 1. The van der Waals surface area contributed by atoms with Crippen molar-refractivity contribution in [1.29, 1.82) is 0 Å². The maximum absolute atomic E-state index is 11.4. The average Bonchev–Trinajstić information content (AvgIpc) is 2.68. The summed E-state index contributed by atoms with van der Waals surface area (Å²) in [7, 11) is 3.44. The standard InChI is InChI=1S/C19H32N6O2/c1-19(2,27-4)13-24-18(21-3)23-12-15-6-5-9-22-17(15)25-10-7-14(8-11-25)16(20)26/h5-6,9,14H,7-8,10-13H2,1-4H3,(H2,20,26)(H2,21,23,24). The Hall–Kier alpha value is -2.35. The molecule has 1 amide bonds. The summed E-state index contributed by atoms with van der Waals surface area (Å²) in [5.41, 5.74) is 6.25. The number of anilines is 1. The van der Waals surface area contributed by atoms with Gasteiger partial charge in [-0.25, -0.2) is 4.98 Å². The number of aromatic nitrogens is 1. The van der Waals surface area contributed by atoms with Crippen LogP contribution in [0.4, 0.5) is 5.82 Å². The molecule has 0 radical (unpaired) electrons. The van der Waals surface area contributed by atoms with Gasteiger partial charge >= 0.3 is 0 Å².